The van der Waals surface area contributed by atoms with Crippen molar-refractivity contribution in [3.8, 4) is 0 Å². The molecule has 0 bridgehead atoms. The van der Waals surface area contributed by atoms with Gasteiger partial charge in [0.15, 0.2) is 0 Å². The van der Waals surface area contributed by atoms with Crippen LogP contribution in [0, 0.1) is 0 Å². The zero-order valence-electron chi connectivity index (χ0n) is 9.01. The van der Waals surface area contributed by atoms with Crippen LogP contribution in [0.2, 0.25) is 19.6 Å². The second-order valence-corrected chi connectivity index (χ2v) is 7.98. The molecule has 0 aliphatic carbocycles. The molecule has 13 heavy (non-hydrogen) atoms. The molecule has 4 heteroatoms. The number of ether oxygens (including phenoxy) is 2. The minimum Gasteiger partial charge on any atom is -0.520 e. The Kier molecular flexibility index (Phi) is 4.62. The van der Waals surface area contributed by atoms with E-state index in [1.807, 2.05) is 0 Å². The van der Waals surface area contributed by atoms with Crippen LogP contribution in [0.1, 0.15) is 0 Å². The van der Waals surface area contributed by atoms with Gasteiger partial charge >= 0.3 is 0 Å². The number of rotatable bonds is 5. The van der Waals surface area contributed by atoms with Crippen molar-refractivity contribution < 1.29 is 13.9 Å². The Balaban J connectivity index is 4.34. The molecule has 0 N–H and O–H groups in total. The lowest BCUT2D eigenvalue weighted by atomic mass is 10.5. The second kappa shape index (κ2) is 4.96. The van der Waals surface area contributed by atoms with Crippen LogP contribution < -0.4 is 0 Å². The lowest BCUT2D eigenvalue weighted by Gasteiger charge is -2.20. The first kappa shape index (κ1) is 12.1. The highest BCUT2D eigenvalue weighted by Gasteiger charge is 2.18. The number of allylic oxidation sites excluding steroid dienone is 1. The molecule has 0 heterocycles. The smallest absolute Gasteiger partial charge is 0.268 e. The van der Waals surface area contributed by atoms with E-state index in [-0.39, 0.29) is 0 Å². The van der Waals surface area contributed by atoms with Crippen LogP contribution in [-0.2, 0) is 13.9 Å². The molecule has 0 saturated heterocycles. The molecule has 0 unspecified atom stereocenters. The highest BCUT2D eigenvalue weighted by molar-refractivity contribution is 6.69. The molecule has 0 spiro atoms. The first-order chi connectivity index (χ1) is 5.89. The highest BCUT2D eigenvalue weighted by Crippen LogP contribution is 2.12. The summed E-state index contributed by atoms with van der Waals surface area (Å²) in [6, 6.07) is 0. The van der Waals surface area contributed by atoms with E-state index in [1.165, 1.54) is 0 Å². The predicted molar refractivity (Wildman–Crippen MR) is 55.7 cm³/mol. The van der Waals surface area contributed by atoms with Gasteiger partial charge in [0.25, 0.3) is 5.95 Å². The Bertz CT molecular complexity index is 203. The summed E-state index contributed by atoms with van der Waals surface area (Å²) in [5.74, 6) is 0.987. The van der Waals surface area contributed by atoms with Gasteiger partial charge in [-0.1, -0.05) is 6.58 Å². The predicted octanol–water partition coefficient (Wildman–Crippen LogP) is 2.49. The standard InChI is InChI=1S/C9H18O3Si/c1-8(10-2)7-9(11-3)12-13(4,5)6/h7H,1H2,2-6H3/b9-7-. The lowest BCUT2D eigenvalue weighted by Crippen LogP contribution is -2.25. The molecule has 0 aromatic heterocycles. The Hall–Kier alpha value is -0.903. The molecule has 0 aliphatic rings. The fourth-order valence-electron chi connectivity index (χ4n) is 0.622. The molecular formula is C9H18O3Si. The third kappa shape index (κ3) is 6.28. The van der Waals surface area contributed by atoms with Crippen LogP contribution in [0.5, 0.6) is 0 Å². The first-order valence-corrected chi connectivity index (χ1v) is 7.47. The maximum atomic E-state index is 5.60. The number of hydrogen-bond donors (Lipinski definition) is 0. The van der Waals surface area contributed by atoms with Crippen molar-refractivity contribution in [2.45, 2.75) is 19.6 Å². The average molecular weight is 202 g/mol. The molecule has 0 aromatic rings. The van der Waals surface area contributed by atoms with Crippen molar-refractivity contribution in [1.82, 2.24) is 0 Å². The molecule has 0 aliphatic heterocycles. The molecule has 0 fully saturated rings. The van der Waals surface area contributed by atoms with Gasteiger partial charge in [-0.2, -0.15) is 0 Å². The molecule has 76 valence electrons. The van der Waals surface area contributed by atoms with E-state index < -0.39 is 8.32 Å². The van der Waals surface area contributed by atoms with E-state index in [9.17, 15) is 0 Å². The van der Waals surface area contributed by atoms with Crippen molar-refractivity contribution in [3.63, 3.8) is 0 Å². The summed E-state index contributed by atoms with van der Waals surface area (Å²) in [6.45, 7) is 9.88. The summed E-state index contributed by atoms with van der Waals surface area (Å²) in [6.07, 6.45) is 1.64. The third-order valence-electron chi connectivity index (χ3n) is 1.15. The molecule has 0 rings (SSSR count). The van der Waals surface area contributed by atoms with Crippen molar-refractivity contribution in [2.75, 3.05) is 14.2 Å². The van der Waals surface area contributed by atoms with E-state index in [0.29, 0.717) is 11.7 Å². The van der Waals surface area contributed by atoms with Crippen LogP contribution in [0.4, 0.5) is 0 Å². The maximum Gasteiger partial charge on any atom is 0.268 e. The maximum absolute atomic E-state index is 5.60. The monoisotopic (exact) mass is 202 g/mol. The van der Waals surface area contributed by atoms with E-state index in [2.05, 4.69) is 26.2 Å². The van der Waals surface area contributed by atoms with E-state index in [1.54, 1.807) is 20.3 Å². The highest BCUT2D eigenvalue weighted by atomic mass is 28.4. The lowest BCUT2D eigenvalue weighted by molar-refractivity contribution is 0.144. The summed E-state index contributed by atoms with van der Waals surface area (Å²) in [7, 11) is 1.51. The molecular weight excluding hydrogens is 184 g/mol. The van der Waals surface area contributed by atoms with E-state index >= 15 is 0 Å². The third-order valence-corrected chi connectivity index (χ3v) is 1.96. The van der Waals surface area contributed by atoms with Gasteiger partial charge in [0, 0.05) is 0 Å². The van der Waals surface area contributed by atoms with Crippen LogP contribution >= 0.6 is 0 Å². The Morgan fingerprint density at radius 1 is 1.15 bits per heavy atom. The zero-order chi connectivity index (χ0) is 10.5. The topological polar surface area (TPSA) is 27.7 Å². The normalized spacial score (nSPS) is 12.2. The minimum absolute atomic E-state index is 0.464. The Morgan fingerprint density at radius 3 is 2.00 bits per heavy atom. The summed E-state index contributed by atoms with van der Waals surface area (Å²) >= 11 is 0. The fraction of sp³-hybridized carbons (Fsp3) is 0.556. The van der Waals surface area contributed by atoms with E-state index in [0.717, 1.165) is 0 Å². The van der Waals surface area contributed by atoms with Gasteiger partial charge in [0.05, 0.1) is 20.3 Å². The zero-order valence-corrected chi connectivity index (χ0v) is 10.0. The van der Waals surface area contributed by atoms with Crippen LogP contribution in [0.3, 0.4) is 0 Å². The van der Waals surface area contributed by atoms with Crippen LogP contribution in [-0.4, -0.2) is 22.5 Å². The van der Waals surface area contributed by atoms with Gasteiger partial charge in [-0.3, -0.25) is 0 Å². The van der Waals surface area contributed by atoms with Crippen molar-refractivity contribution >= 4 is 8.32 Å². The van der Waals surface area contributed by atoms with Crippen molar-refractivity contribution in [1.29, 1.82) is 0 Å². The minimum atomic E-state index is -1.61. The fourth-order valence-corrected chi connectivity index (χ4v) is 1.37. The van der Waals surface area contributed by atoms with Crippen molar-refractivity contribution in [2.24, 2.45) is 0 Å². The molecule has 3 nitrogen and oxygen atoms in total. The summed E-state index contributed by atoms with van der Waals surface area (Å²) < 4.78 is 15.5. The SMILES string of the molecule is C=C(/C=C(/OC)O[Si](C)(C)C)OC. The summed E-state index contributed by atoms with van der Waals surface area (Å²) in [5, 5.41) is 0. The summed E-state index contributed by atoms with van der Waals surface area (Å²) in [5.41, 5.74) is 0. The first-order valence-electron chi connectivity index (χ1n) is 4.06. The van der Waals surface area contributed by atoms with Gasteiger partial charge in [0.2, 0.25) is 8.32 Å². The summed E-state index contributed by atoms with van der Waals surface area (Å²) in [4.78, 5) is 0. The van der Waals surface area contributed by atoms with Gasteiger partial charge in [0.1, 0.15) is 5.76 Å². The Morgan fingerprint density at radius 2 is 1.69 bits per heavy atom. The Labute approximate surface area is 81.1 Å². The molecule has 0 aromatic carbocycles. The molecule has 0 amide bonds. The molecule has 0 radical (unpaired) electrons. The van der Waals surface area contributed by atoms with Gasteiger partial charge in [-0.25, -0.2) is 0 Å². The second-order valence-electron chi connectivity index (χ2n) is 3.55. The molecule has 0 atom stereocenters. The number of hydrogen-bond acceptors (Lipinski definition) is 3. The van der Waals surface area contributed by atoms with Crippen LogP contribution in [0.25, 0.3) is 0 Å². The molecule has 0 saturated carbocycles. The van der Waals surface area contributed by atoms with Gasteiger partial charge in [-0.05, 0) is 19.6 Å². The largest absolute Gasteiger partial charge is 0.520 e. The average Bonchev–Trinajstić information content (AvgIpc) is 2.00. The van der Waals surface area contributed by atoms with Crippen molar-refractivity contribution in [3.05, 3.63) is 24.4 Å². The van der Waals surface area contributed by atoms with E-state index in [4.69, 9.17) is 13.9 Å². The van der Waals surface area contributed by atoms with Gasteiger partial charge < -0.3 is 13.9 Å². The quantitative estimate of drug-likeness (QED) is 0.389. The number of methoxy groups -OCH3 is 2. The van der Waals surface area contributed by atoms with Gasteiger partial charge in [-0.15, -0.1) is 0 Å². The van der Waals surface area contributed by atoms with Crippen LogP contribution in [0.15, 0.2) is 24.4 Å².